The van der Waals surface area contributed by atoms with Gasteiger partial charge < -0.3 is 10.1 Å². The first-order chi connectivity index (χ1) is 10.1. The van der Waals surface area contributed by atoms with Crippen molar-refractivity contribution in [1.29, 1.82) is 0 Å². The monoisotopic (exact) mass is 405 g/mol. The van der Waals surface area contributed by atoms with E-state index >= 15 is 0 Å². The second-order valence-electron chi connectivity index (χ2n) is 5.03. The Bertz CT molecular complexity index is 643. The molecule has 2 aromatic rings. The van der Waals surface area contributed by atoms with Crippen molar-refractivity contribution < 1.29 is 4.74 Å². The van der Waals surface area contributed by atoms with Crippen molar-refractivity contribution in [2.75, 3.05) is 0 Å². The van der Waals surface area contributed by atoms with Crippen LogP contribution in [0.25, 0.3) is 0 Å². The molecule has 1 saturated carbocycles. The standard InChI is InChI=1S/C15H14BrCl2NOS/c16-14-4-3-12(21-14)8-20-15-9(7-19-11-1-2-11)5-10(17)6-13(15)18/h3-6,11,19H,1-2,7-8H2. The number of hydrogen-bond donors (Lipinski definition) is 1. The molecule has 0 bridgehead atoms. The lowest BCUT2D eigenvalue weighted by atomic mass is 10.2. The van der Waals surface area contributed by atoms with Crippen molar-refractivity contribution >= 4 is 50.5 Å². The topological polar surface area (TPSA) is 21.3 Å². The van der Waals surface area contributed by atoms with Gasteiger partial charge in [0.1, 0.15) is 12.4 Å². The van der Waals surface area contributed by atoms with Gasteiger partial charge in [0.2, 0.25) is 0 Å². The van der Waals surface area contributed by atoms with Crippen molar-refractivity contribution in [3.8, 4) is 5.75 Å². The molecule has 21 heavy (non-hydrogen) atoms. The normalized spacial score (nSPS) is 14.4. The van der Waals surface area contributed by atoms with Crippen LogP contribution in [0.3, 0.4) is 0 Å². The number of benzene rings is 1. The third kappa shape index (κ3) is 4.36. The fourth-order valence-electron chi connectivity index (χ4n) is 2.02. The van der Waals surface area contributed by atoms with E-state index in [9.17, 15) is 0 Å². The predicted molar refractivity (Wildman–Crippen MR) is 92.7 cm³/mol. The average molecular weight is 407 g/mol. The molecule has 1 N–H and O–H groups in total. The molecule has 0 saturated heterocycles. The van der Waals surface area contributed by atoms with Crippen LogP contribution in [0.2, 0.25) is 10.0 Å². The molecule has 1 heterocycles. The summed E-state index contributed by atoms with van der Waals surface area (Å²) in [6, 6.07) is 8.33. The lowest BCUT2D eigenvalue weighted by Crippen LogP contribution is -2.16. The van der Waals surface area contributed by atoms with E-state index in [0.717, 1.165) is 26.5 Å². The van der Waals surface area contributed by atoms with Crippen molar-refractivity contribution in [1.82, 2.24) is 5.32 Å². The largest absolute Gasteiger partial charge is 0.486 e. The van der Waals surface area contributed by atoms with Crippen LogP contribution in [-0.2, 0) is 13.2 Å². The highest BCUT2D eigenvalue weighted by Crippen LogP contribution is 2.34. The first-order valence-corrected chi connectivity index (χ1v) is 9.06. The maximum Gasteiger partial charge on any atom is 0.143 e. The number of nitrogens with one attached hydrogen (secondary N) is 1. The maximum atomic E-state index is 6.29. The molecule has 0 amide bonds. The molecule has 1 aliphatic carbocycles. The Hall–Kier alpha value is -0.260. The highest BCUT2D eigenvalue weighted by molar-refractivity contribution is 9.11. The van der Waals surface area contributed by atoms with Gasteiger partial charge in [-0.15, -0.1) is 11.3 Å². The van der Waals surface area contributed by atoms with Crippen LogP contribution in [0.5, 0.6) is 5.75 Å². The fourth-order valence-corrected chi connectivity index (χ4v) is 4.01. The Balaban J connectivity index is 1.74. The molecule has 0 unspecified atom stereocenters. The van der Waals surface area contributed by atoms with Gasteiger partial charge >= 0.3 is 0 Å². The van der Waals surface area contributed by atoms with Crippen LogP contribution < -0.4 is 10.1 Å². The number of ether oxygens (including phenoxy) is 1. The average Bonchev–Trinajstić information content (AvgIpc) is 3.17. The van der Waals surface area contributed by atoms with Gasteiger partial charge in [-0.05, 0) is 53.0 Å². The molecule has 2 nitrogen and oxygen atoms in total. The molecule has 6 heteroatoms. The molecule has 1 aromatic heterocycles. The van der Waals surface area contributed by atoms with Crippen LogP contribution in [0.1, 0.15) is 23.3 Å². The van der Waals surface area contributed by atoms with Crippen LogP contribution >= 0.6 is 50.5 Å². The minimum atomic E-state index is 0.508. The number of hydrogen-bond acceptors (Lipinski definition) is 3. The Morgan fingerprint density at radius 1 is 1.29 bits per heavy atom. The highest BCUT2D eigenvalue weighted by Gasteiger charge is 2.21. The first kappa shape index (κ1) is 15.6. The third-order valence-electron chi connectivity index (χ3n) is 3.23. The molecule has 0 aliphatic heterocycles. The number of rotatable bonds is 6. The van der Waals surface area contributed by atoms with Crippen LogP contribution in [0, 0.1) is 0 Å². The Morgan fingerprint density at radius 3 is 2.76 bits per heavy atom. The maximum absolute atomic E-state index is 6.29. The Kier molecular flexibility index (Phi) is 5.12. The summed E-state index contributed by atoms with van der Waals surface area (Å²) < 4.78 is 7.03. The predicted octanol–water partition coefficient (Wildman–Crippen LogP) is 5.65. The Labute approximate surface area is 146 Å². The quantitative estimate of drug-likeness (QED) is 0.669. The molecular weight excluding hydrogens is 393 g/mol. The summed E-state index contributed by atoms with van der Waals surface area (Å²) in [7, 11) is 0. The second kappa shape index (κ2) is 6.88. The summed E-state index contributed by atoms with van der Waals surface area (Å²) in [5.41, 5.74) is 1.01. The van der Waals surface area contributed by atoms with E-state index in [1.165, 1.54) is 12.8 Å². The van der Waals surface area contributed by atoms with Crippen LogP contribution in [0.4, 0.5) is 0 Å². The van der Waals surface area contributed by atoms with E-state index in [2.05, 4.69) is 21.2 Å². The molecule has 0 spiro atoms. The van der Waals surface area contributed by atoms with E-state index in [1.807, 2.05) is 18.2 Å². The van der Waals surface area contributed by atoms with Gasteiger partial charge in [-0.1, -0.05) is 23.2 Å². The second-order valence-corrected chi connectivity index (χ2v) is 8.42. The smallest absolute Gasteiger partial charge is 0.143 e. The van der Waals surface area contributed by atoms with Crippen LogP contribution in [-0.4, -0.2) is 6.04 Å². The summed E-state index contributed by atoms with van der Waals surface area (Å²) in [4.78, 5) is 1.15. The summed E-state index contributed by atoms with van der Waals surface area (Å²) in [5.74, 6) is 0.721. The van der Waals surface area contributed by atoms with Crippen molar-refractivity contribution in [3.63, 3.8) is 0 Å². The summed E-state index contributed by atoms with van der Waals surface area (Å²) in [6.45, 7) is 1.24. The van der Waals surface area contributed by atoms with E-state index < -0.39 is 0 Å². The van der Waals surface area contributed by atoms with Crippen LogP contribution in [0.15, 0.2) is 28.1 Å². The molecule has 3 rings (SSSR count). The molecule has 1 aromatic carbocycles. The van der Waals surface area contributed by atoms with Gasteiger partial charge in [-0.3, -0.25) is 0 Å². The summed E-state index contributed by atoms with van der Waals surface area (Å²) in [6.07, 6.45) is 2.49. The van der Waals surface area contributed by atoms with Gasteiger partial charge in [-0.25, -0.2) is 0 Å². The zero-order chi connectivity index (χ0) is 14.8. The molecule has 0 radical (unpaired) electrons. The Morgan fingerprint density at radius 2 is 2.10 bits per heavy atom. The summed E-state index contributed by atoms with van der Waals surface area (Å²) in [5, 5.41) is 4.67. The van der Waals surface area contributed by atoms with Gasteiger partial charge in [0.15, 0.2) is 0 Å². The number of halogens is 3. The third-order valence-corrected chi connectivity index (χ3v) is 5.33. The molecule has 0 atom stereocenters. The van der Waals surface area contributed by atoms with Crippen molar-refractivity contribution in [2.24, 2.45) is 0 Å². The fraction of sp³-hybridized carbons (Fsp3) is 0.333. The minimum absolute atomic E-state index is 0.508. The molecular formula is C15H14BrCl2NOS. The van der Waals surface area contributed by atoms with E-state index in [4.69, 9.17) is 27.9 Å². The molecule has 112 valence electrons. The number of thiophene rings is 1. The lowest BCUT2D eigenvalue weighted by Gasteiger charge is -2.14. The van der Waals surface area contributed by atoms with Crippen molar-refractivity contribution in [2.45, 2.75) is 32.0 Å². The van der Waals surface area contributed by atoms with Crippen molar-refractivity contribution in [3.05, 3.63) is 48.5 Å². The van der Waals surface area contributed by atoms with Gasteiger partial charge in [-0.2, -0.15) is 0 Å². The zero-order valence-corrected chi connectivity index (χ0v) is 15.1. The SMILES string of the molecule is Clc1cc(Cl)c(OCc2ccc(Br)s2)c(CNC2CC2)c1. The molecule has 1 aliphatic rings. The van der Waals surface area contributed by atoms with Gasteiger partial charge in [0.25, 0.3) is 0 Å². The first-order valence-electron chi connectivity index (χ1n) is 6.70. The van der Waals surface area contributed by atoms with E-state index in [1.54, 1.807) is 17.4 Å². The minimum Gasteiger partial charge on any atom is -0.486 e. The van der Waals surface area contributed by atoms with E-state index in [-0.39, 0.29) is 0 Å². The molecule has 1 fully saturated rings. The van der Waals surface area contributed by atoms with E-state index in [0.29, 0.717) is 22.7 Å². The van der Waals surface area contributed by atoms with Gasteiger partial charge in [0.05, 0.1) is 8.81 Å². The lowest BCUT2D eigenvalue weighted by molar-refractivity contribution is 0.306. The zero-order valence-electron chi connectivity index (χ0n) is 11.2. The highest BCUT2D eigenvalue weighted by atomic mass is 79.9. The van der Waals surface area contributed by atoms with Gasteiger partial charge in [0, 0.05) is 28.0 Å². The summed E-state index contributed by atoms with van der Waals surface area (Å²) >= 11 is 17.5.